The molecule has 0 bridgehead atoms. The summed E-state index contributed by atoms with van der Waals surface area (Å²) in [6.07, 6.45) is 0. The largest absolute Gasteiger partial charge is 0.508 e. The molecule has 154 valence electrons. The zero-order valence-corrected chi connectivity index (χ0v) is 17.4. The predicted molar refractivity (Wildman–Crippen MR) is 116 cm³/mol. The number of thiazole rings is 1. The van der Waals surface area contributed by atoms with Crippen molar-refractivity contribution in [2.24, 2.45) is 0 Å². The van der Waals surface area contributed by atoms with Gasteiger partial charge >= 0.3 is 0 Å². The van der Waals surface area contributed by atoms with Gasteiger partial charge in [0.15, 0.2) is 11.5 Å². The van der Waals surface area contributed by atoms with Crippen LogP contribution < -0.4 is 19.9 Å². The molecule has 0 aliphatic carbocycles. The van der Waals surface area contributed by atoms with Gasteiger partial charge in [0.2, 0.25) is 10.9 Å². The van der Waals surface area contributed by atoms with E-state index in [0.29, 0.717) is 33.9 Å². The van der Waals surface area contributed by atoms with Gasteiger partial charge in [-0.3, -0.25) is 0 Å². The van der Waals surface area contributed by atoms with Crippen LogP contribution in [0, 0.1) is 0 Å². The number of aromatic hydroxyl groups is 1. The molecule has 8 nitrogen and oxygen atoms in total. The molecule has 0 saturated carbocycles. The average molecular weight is 424 g/mol. The molecule has 3 N–H and O–H groups in total. The molecule has 4 rings (SSSR count). The lowest BCUT2D eigenvalue weighted by molar-refractivity contribution is 0.324. The van der Waals surface area contributed by atoms with Crippen molar-refractivity contribution in [3.8, 4) is 50.6 Å². The van der Waals surface area contributed by atoms with Gasteiger partial charge < -0.3 is 25.1 Å². The summed E-state index contributed by atoms with van der Waals surface area (Å²) in [5, 5.41) is 16.8. The maximum Gasteiger partial charge on any atom is 0.212 e. The summed E-state index contributed by atoms with van der Waals surface area (Å²) in [6, 6.07) is 12.3. The Bertz CT molecular complexity index is 1180. The smallest absolute Gasteiger partial charge is 0.212 e. The van der Waals surface area contributed by atoms with E-state index in [1.165, 1.54) is 11.3 Å². The Labute approximate surface area is 177 Å². The number of phenols is 1. The Kier molecular flexibility index (Phi) is 5.20. The van der Waals surface area contributed by atoms with Gasteiger partial charge in [0.1, 0.15) is 11.6 Å². The van der Waals surface area contributed by atoms with Gasteiger partial charge in [0.05, 0.1) is 32.7 Å². The number of aromatic nitrogens is 3. The molecule has 0 saturated heterocycles. The lowest BCUT2D eigenvalue weighted by Crippen LogP contribution is -2.01. The van der Waals surface area contributed by atoms with Crippen molar-refractivity contribution in [2.75, 3.05) is 27.1 Å². The normalized spacial score (nSPS) is 10.8. The molecule has 0 unspecified atom stereocenters. The molecule has 0 amide bonds. The lowest BCUT2D eigenvalue weighted by atomic mass is 10.1. The van der Waals surface area contributed by atoms with Crippen LogP contribution in [0.5, 0.6) is 23.0 Å². The number of nitrogens with zero attached hydrogens (tertiary/aromatic N) is 3. The second-order valence-electron chi connectivity index (χ2n) is 6.35. The van der Waals surface area contributed by atoms with Gasteiger partial charge in [-0.2, -0.15) is 9.78 Å². The van der Waals surface area contributed by atoms with Crippen molar-refractivity contribution >= 4 is 17.2 Å². The van der Waals surface area contributed by atoms with E-state index in [9.17, 15) is 5.11 Å². The van der Waals surface area contributed by atoms with E-state index >= 15 is 0 Å². The molecule has 0 fully saturated rings. The highest BCUT2D eigenvalue weighted by atomic mass is 32.1. The zero-order chi connectivity index (χ0) is 21.3. The molecule has 0 aliphatic heterocycles. The first kappa shape index (κ1) is 19.6. The molecule has 9 heteroatoms. The van der Waals surface area contributed by atoms with Gasteiger partial charge in [0, 0.05) is 22.6 Å². The fourth-order valence-electron chi connectivity index (χ4n) is 3.08. The highest BCUT2D eigenvalue weighted by molar-refractivity contribution is 7.12. The minimum absolute atomic E-state index is 0.185. The van der Waals surface area contributed by atoms with Crippen molar-refractivity contribution in [1.29, 1.82) is 0 Å². The second kappa shape index (κ2) is 7.96. The molecule has 0 aliphatic rings. The van der Waals surface area contributed by atoms with Crippen LogP contribution in [0.4, 0.5) is 5.82 Å². The monoisotopic (exact) mass is 424 g/mol. The molecule has 30 heavy (non-hydrogen) atoms. The summed E-state index contributed by atoms with van der Waals surface area (Å²) in [5.41, 5.74) is 9.17. The van der Waals surface area contributed by atoms with Crippen molar-refractivity contribution in [2.45, 2.75) is 0 Å². The van der Waals surface area contributed by atoms with Crippen LogP contribution in [0.3, 0.4) is 0 Å². The molecule has 2 heterocycles. The third-order valence-corrected chi connectivity index (χ3v) is 5.33. The molecule has 4 aromatic rings. The molecule has 0 atom stereocenters. The van der Waals surface area contributed by atoms with Crippen LogP contribution in [0.1, 0.15) is 0 Å². The summed E-state index contributed by atoms with van der Waals surface area (Å²) < 4.78 is 17.8. The fourth-order valence-corrected chi connectivity index (χ4v) is 3.88. The van der Waals surface area contributed by atoms with Crippen molar-refractivity contribution in [1.82, 2.24) is 14.8 Å². The Morgan fingerprint density at radius 2 is 1.67 bits per heavy atom. The Balaban J connectivity index is 1.73. The highest BCUT2D eigenvalue weighted by Crippen LogP contribution is 2.41. The molecular formula is C21H20N4O4S. The van der Waals surface area contributed by atoms with Crippen molar-refractivity contribution in [3.05, 3.63) is 47.8 Å². The second-order valence-corrected chi connectivity index (χ2v) is 7.18. The maximum atomic E-state index is 9.70. The molecular weight excluding hydrogens is 404 g/mol. The van der Waals surface area contributed by atoms with E-state index in [2.05, 4.69) is 10.1 Å². The summed E-state index contributed by atoms with van der Waals surface area (Å²) >= 11 is 1.41. The standard InChI is InChI=1S/C21H20N4O4S/c1-27-17-8-13(9-18(28-2)20(17)29-3)15-10-19(22)25(24-15)21-23-16(11-30-21)12-5-4-6-14(26)7-12/h4-11,26H,22H2,1-3H3. The van der Waals surface area contributed by atoms with E-state index in [4.69, 9.17) is 19.9 Å². The van der Waals surface area contributed by atoms with E-state index in [-0.39, 0.29) is 5.75 Å². The average Bonchev–Trinajstić information content (AvgIpc) is 3.39. The number of hydrogen-bond acceptors (Lipinski definition) is 8. The van der Waals surface area contributed by atoms with Crippen LogP contribution in [-0.4, -0.2) is 41.2 Å². The number of benzene rings is 2. The van der Waals surface area contributed by atoms with Gasteiger partial charge in [-0.05, 0) is 24.3 Å². The molecule has 2 aromatic carbocycles. The molecule has 0 radical (unpaired) electrons. The third-order valence-electron chi connectivity index (χ3n) is 4.51. The number of rotatable bonds is 6. The van der Waals surface area contributed by atoms with E-state index in [1.54, 1.807) is 50.3 Å². The Morgan fingerprint density at radius 1 is 0.933 bits per heavy atom. The maximum absolute atomic E-state index is 9.70. The van der Waals surface area contributed by atoms with Gasteiger partial charge in [-0.15, -0.1) is 11.3 Å². The molecule has 0 spiro atoms. The van der Waals surface area contributed by atoms with Crippen LogP contribution in [0.15, 0.2) is 47.8 Å². The first-order valence-corrected chi connectivity index (χ1v) is 9.83. The van der Waals surface area contributed by atoms with E-state index < -0.39 is 0 Å². The van der Waals surface area contributed by atoms with Crippen molar-refractivity contribution in [3.63, 3.8) is 0 Å². The summed E-state index contributed by atoms with van der Waals surface area (Å²) in [7, 11) is 4.68. The van der Waals surface area contributed by atoms with Crippen LogP contribution in [0.2, 0.25) is 0 Å². The highest BCUT2D eigenvalue weighted by Gasteiger charge is 2.18. The fraction of sp³-hybridized carbons (Fsp3) is 0.143. The number of ether oxygens (including phenoxy) is 3. The predicted octanol–water partition coefficient (Wildman–Crippen LogP) is 3.98. The summed E-state index contributed by atoms with van der Waals surface area (Å²) in [4.78, 5) is 4.61. The SMILES string of the molecule is COc1cc(-c2cc(N)n(-c3nc(-c4cccc(O)c4)cs3)n2)cc(OC)c1OC. The van der Waals surface area contributed by atoms with Gasteiger partial charge in [-0.1, -0.05) is 12.1 Å². The minimum atomic E-state index is 0.185. The van der Waals surface area contributed by atoms with Crippen molar-refractivity contribution < 1.29 is 19.3 Å². The first-order chi connectivity index (χ1) is 14.5. The number of nitrogens with two attached hydrogens (primary N) is 1. The quantitative estimate of drug-likeness (QED) is 0.482. The number of methoxy groups -OCH3 is 3. The van der Waals surface area contributed by atoms with Crippen LogP contribution in [0.25, 0.3) is 27.6 Å². The topological polar surface area (TPSA) is 105 Å². The first-order valence-electron chi connectivity index (χ1n) is 8.95. The van der Waals surface area contributed by atoms with Crippen LogP contribution in [-0.2, 0) is 0 Å². The minimum Gasteiger partial charge on any atom is -0.508 e. The zero-order valence-electron chi connectivity index (χ0n) is 16.6. The van der Waals surface area contributed by atoms with E-state index in [0.717, 1.165) is 16.8 Å². The van der Waals surface area contributed by atoms with Gasteiger partial charge in [0.25, 0.3) is 0 Å². The lowest BCUT2D eigenvalue weighted by Gasteiger charge is -2.13. The Hall–Kier alpha value is -3.72. The van der Waals surface area contributed by atoms with Gasteiger partial charge in [-0.25, -0.2) is 4.98 Å². The number of nitrogen functional groups attached to an aromatic ring is 1. The number of phenolic OH excluding ortho intramolecular Hbond substituents is 1. The Morgan fingerprint density at radius 3 is 2.30 bits per heavy atom. The molecule has 2 aromatic heterocycles. The summed E-state index contributed by atoms with van der Waals surface area (Å²) in [6.45, 7) is 0. The number of anilines is 1. The number of hydrogen-bond donors (Lipinski definition) is 2. The third kappa shape index (κ3) is 3.50. The van der Waals surface area contributed by atoms with E-state index in [1.807, 2.05) is 23.6 Å². The summed E-state index contributed by atoms with van der Waals surface area (Å²) in [5.74, 6) is 2.19. The van der Waals surface area contributed by atoms with Crippen LogP contribution >= 0.6 is 11.3 Å².